The molecule has 6 unspecified atom stereocenters. The SMILES string of the molecule is CCC(C)(OC1CO[C@@H]2[C@@H](OC(=O)C3CCC(C(=O)O)CC3)CO[C@H]12)C(C)(C)C(=O)CCCCCCCC1C(CCCCCCCCCC(=O)O[C@H]2CO[C@H]3[C@@H]2OC[C@H]3OC(C)(C)C)C=CC(C)C1C. The Labute approximate surface area is 421 Å². The zero-order chi connectivity index (χ0) is 50.6. The number of esters is 2. The Morgan fingerprint density at radius 3 is 1.60 bits per heavy atom. The summed E-state index contributed by atoms with van der Waals surface area (Å²) in [4.78, 5) is 50.9. The molecule has 0 aromatic carbocycles. The highest BCUT2D eigenvalue weighted by atomic mass is 16.7. The number of fused-ring (bicyclic) bond motifs is 2. The first-order valence-electron chi connectivity index (χ1n) is 28.0. The predicted octanol–water partition coefficient (Wildman–Crippen LogP) is 10.9. The lowest BCUT2D eigenvalue weighted by atomic mass is 9.68. The number of rotatable bonds is 28. The molecule has 13 nitrogen and oxygen atoms in total. The maximum absolute atomic E-state index is 13.9. The first kappa shape index (κ1) is 56.9. The largest absolute Gasteiger partial charge is 0.481 e. The smallest absolute Gasteiger partial charge is 0.309 e. The van der Waals surface area contributed by atoms with Crippen LogP contribution < -0.4 is 0 Å². The fourth-order valence-corrected chi connectivity index (χ4v) is 12.3. The minimum atomic E-state index is -0.797. The van der Waals surface area contributed by atoms with Gasteiger partial charge in [0.2, 0.25) is 0 Å². The van der Waals surface area contributed by atoms with E-state index in [2.05, 4.69) is 32.9 Å². The summed E-state index contributed by atoms with van der Waals surface area (Å²) in [5, 5.41) is 9.32. The minimum Gasteiger partial charge on any atom is -0.481 e. The molecule has 13 heteroatoms. The van der Waals surface area contributed by atoms with Gasteiger partial charge in [-0.3, -0.25) is 19.2 Å². The van der Waals surface area contributed by atoms with Crippen LogP contribution in [-0.4, -0.2) is 115 Å². The molecule has 4 aliphatic heterocycles. The summed E-state index contributed by atoms with van der Waals surface area (Å²) in [7, 11) is 0. The Bertz CT molecular complexity index is 1700. The maximum Gasteiger partial charge on any atom is 0.309 e. The van der Waals surface area contributed by atoms with Crippen LogP contribution in [0.4, 0.5) is 0 Å². The molecule has 5 fully saturated rings. The molecule has 2 aliphatic carbocycles. The third kappa shape index (κ3) is 15.1. The molecule has 0 aromatic rings. The van der Waals surface area contributed by atoms with Gasteiger partial charge in [0.05, 0.1) is 54.9 Å². The average molecular weight is 987 g/mol. The van der Waals surface area contributed by atoms with Crippen LogP contribution in [0.5, 0.6) is 0 Å². The second-order valence-corrected chi connectivity index (χ2v) is 23.9. The lowest BCUT2D eigenvalue weighted by Gasteiger charge is -2.44. The van der Waals surface area contributed by atoms with Crippen molar-refractivity contribution < 1.29 is 62.2 Å². The van der Waals surface area contributed by atoms with Crippen LogP contribution in [0.3, 0.4) is 0 Å². The van der Waals surface area contributed by atoms with Gasteiger partial charge in [0, 0.05) is 12.8 Å². The van der Waals surface area contributed by atoms with Crippen molar-refractivity contribution in [3.63, 3.8) is 0 Å². The standard InChI is InChI=1S/C57H94O13/c1-10-57(9,70-46-36-66-50-44(34-64-52(46)50)68-54(62)41-31-29-40(30-32-41)53(60)61)56(7,8)47(58)25-21-17-14-16-20-24-42-38(3)37(2)27-28-39(42)23-19-15-12-11-13-18-22-26-48(59)67-43-33-63-51-45(35-65-49(43)51)69-55(4,5)6/h27-28,37-46,49-52H,10-26,29-36H2,1-9H3,(H,60,61)/t37?,38?,39?,40?,41?,42?,43-,44-,45+,46?,49+,50+,51+,52+,57?/m0/s1. The van der Waals surface area contributed by atoms with Gasteiger partial charge in [-0.25, -0.2) is 0 Å². The van der Waals surface area contributed by atoms with Crippen molar-refractivity contribution in [2.24, 2.45) is 40.9 Å². The van der Waals surface area contributed by atoms with E-state index in [4.69, 9.17) is 37.9 Å². The van der Waals surface area contributed by atoms with Gasteiger partial charge in [0.1, 0.15) is 42.4 Å². The quantitative estimate of drug-likeness (QED) is 0.0448. The molecule has 0 amide bonds. The number of aliphatic carboxylic acids is 1. The van der Waals surface area contributed by atoms with Gasteiger partial charge >= 0.3 is 17.9 Å². The number of allylic oxidation sites excluding steroid dienone is 2. The summed E-state index contributed by atoms with van der Waals surface area (Å²) in [6.45, 7) is 20.4. The number of hydrogen-bond donors (Lipinski definition) is 1. The van der Waals surface area contributed by atoms with Gasteiger partial charge in [0.15, 0.2) is 12.2 Å². The highest BCUT2D eigenvalue weighted by molar-refractivity contribution is 5.85. The highest BCUT2D eigenvalue weighted by Gasteiger charge is 2.55. The van der Waals surface area contributed by atoms with Crippen LogP contribution in [0.25, 0.3) is 0 Å². The summed E-state index contributed by atoms with van der Waals surface area (Å²) >= 11 is 0. The minimum absolute atomic E-state index is 0.129. The van der Waals surface area contributed by atoms with Gasteiger partial charge in [-0.2, -0.15) is 0 Å². The Morgan fingerprint density at radius 1 is 0.571 bits per heavy atom. The molecule has 6 aliphatic rings. The van der Waals surface area contributed by atoms with Crippen LogP contribution in [0.2, 0.25) is 0 Å². The number of hydrogen-bond acceptors (Lipinski definition) is 12. The maximum atomic E-state index is 13.9. The average Bonchev–Trinajstić information content (AvgIpc) is 4.11. The summed E-state index contributed by atoms with van der Waals surface area (Å²) < 4.78 is 48.7. The molecule has 0 radical (unpaired) electrons. The molecule has 4 saturated heterocycles. The summed E-state index contributed by atoms with van der Waals surface area (Å²) in [6, 6.07) is 0. The van der Waals surface area contributed by atoms with Crippen LogP contribution in [0, 0.1) is 40.9 Å². The monoisotopic (exact) mass is 987 g/mol. The summed E-state index contributed by atoms with van der Waals surface area (Å²) in [5.41, 5.74) is -1.73. The fourth-order valence-electron chi connectivity index (χ4n) is 12.3. The Balaban J connectivity index is 0.805. The number of carbonyl (C=O) groups is 4. The lowest BCUT2D eigenvalue weighted by Crippen LogP contribution is -2.52. The van der Waals surface area contributed by atoms with E-state index in [9.17, 15) is 24.3 Å². The van der Waals surface area contributed by atoms with Crippen molar-refractivity contribution in [2.45, 2.75) is 257 Å². The van der Waals surface area contributed by atoms with Crippen LogP contribution >= 0.6 is 0 Å². The molecule has 1 N–H and O–H groups in total. The van der Waals surface area contributed by atoms with Crippen LogP contribution in [0.15, 0.2) is 12.2 Å². The Hall–Kier alpha value is -2.42. The number of carboxylic acids is 1. The van der Waals surface area contributed by atoms with Gasteiger partial charge in [0.25, 0.3) is 0 Å². The van der Waals surface area contributed by atoms with E-state index < -0.39 is 29.2 Å². The second-order valence-electron chi connectivity index (χ2n) is 23.9. The zero-order valence-electron chi connectivity index (χ0n) is 44.8. The highest BCUT2D eigenvalue weighted by Crippen LogP contribution is 2.44. The Morgan fingerprint density at radius 2 is 1.04 bits per heavy atom. The third-order valence-corrected chi connectivity index (χ3v) is 17.6. The molecule has 4 heterocycles. The van der Waals surface area contributed by atoms with Crippen molar-refractivity contribution >= 4 is 23.7 Å². The van der Waals surface area contributed by atoms with Crippen molar-refractivity contribution in [1.82, 2.24) is 0 Å². The Kier molecular flexibility index (Phi) is 21.3. The van der Waals surface area contributed by atoms with E-state index in [0.717, 1.165) is 44.4 Å². The van der Waals surface area contributed by atoms with Crippen LogP contribution in [0.1, 0.15) is 197 Å². The molecule has 0 bridgehead atoms. The molecular weight excluding hydrogens is 893 g/mol. The number of ether oxygens (including phenoxy) is 8. The number of carbonyl (C=O) groups excluding carboxylic acids is 3. The number of carboxylic acid groups (broad SMARTS) is 1. The molecule has 6 rings (SSSR count). The fraction of sp³-hybridized carbons (Fsp3) is 0.895. The lowest BCUT2D eigenvalue weighted by molar-refractivity contribution is -0.180. The van der Waals surface area contributed by atoms with E-state index in [0.29, 0.717) is 82.5 Å². The van der Waals surface area contributed by atoms with E-state index in [1.807, 2.05) is 41.5 Å². The van der Waals surface area contributed by atoms with Crippen LogP contribution in [-0.2, 0) is 57.1 Å². The topological polar surface area (TPSA) is 162 Å². The van der Waals surface area contributed by atoms with E-state index in [-0.39, 0.29) is 78.4 Å². The molecule has 70 heavy (non-hydrogen) atoms. The van der Waals surface area contributed by atoms with Crippen molar-refractivity contribution in [1.29, 1.82) is 0 Å². The molecule has 0 spiro atoms. The normalized spacial score (nSPS) is 34.0. The van der Waals surface area contributed by atoms with E-state index >= 15 is 0 Å². The van der Waals surface area contributed by atoms with Crippen molar-refractivity contribution in [2.75, 3.05) is 26.4 Å². The van der Waals surface area contributed by atoms with Gasteiger partial charge in [-0.05, 0) is 109 Å². The molecule has 400 valence electrons. The van der Waals surface area contributed by atoms with Gasteiger partial charge < -0.3 is 43.0 Å². The first-order chi connectivity index (χ1) is 33.3. The third-order valence-electron chi connectivity index (χ3n) is 17.6. The predicted molar refractivity (Wildman–Crippen MR) is 267 cm³/mol. The number of Topliss-reactive ketones (excluding diaryl/α,β-unsaturated/α-hetero) is 1. The molecular formula is C57H94O13. The van der Waals surface area contributed by atoms with Crippen molar-refractivity contribution in [3.05, 3.63) is 12.2 Å². The van der Waals surface area contributed by atoms with E-state index in [1.165, 1.54) is 51.4 Å². The summed E-state index contributed by atoms with van der Waals surface area (Å²) in [6.07, 6.45) is 22.0. The zero-order valence-corrected chi connectivity index (χ0v) is 44.8. The number of unbranched alkanes of at least 4 members (excludes halogenated alkanes) is 10. The van der Waals surface area contributed by atoms with Gasteiger partial charge in [-0.1, -0.05) is 111 Å². The first-order valence-corrected chi connectivity index (χ1v) is 28.0. The summed E-state index contributed by atoms with van der Waals surface area (Å²) in [5.74, 6) is 0.957. The molecule has 0 aromatic heterocycles. The molecule has 1 saturated carbocycles. The number of ketones is 1. The van der Waals surface area contributed by atoms with Gasteiger partial charge in [-0.15, -0.1) is 0 Å². The molecule has 13 atom stereocenters. The van der Waals surface area contributed by atoms with E-state index in [1.54, 1.807) is 0 Å². The van der Waals surface area contributed by atoms with Crippen molar-refractivity contribution in [3.8, 4) is 0 Å². The second kappa shape index (κ2) is 26.2.